The largest absolute Gasteiger partial charge is 1.00 e. The lowest BCUT2D eigenvalue weighted by molar-refractivity contribution is -0.914. The first-order chi connectivity index (χ1) is 5.77. The lowest BCUT2D eigenvalue weighted by Gasteiger charge is -2.37. The quantitative estimate of drug-likeness (QED) is 0.479. The molecule has 0 spiro atoms. The minimum absolute atomic E-state index is 0. The van der Waals surface area contributed by atoms with Crippen LogP contribution in [-0.4, -0.2) is 31.2 Å². The Morgan fingerprint density at radius 2 is 1.62 bits per heavy atom. The third kappa shape index (κ3) is 5.02. The van der Waals surface area contributed by atoms with Crippen molar-refractivity contribution in [2.75, 3.05) is 26.7 Å². The molecule has 0 aromatic carbocycles. The van der Waals surface area contributed by atoms with Gasteiger partial charge in [0.15, 0.2) is 0 Å². The summed E-state index contributed by atoms with van der Waals surface area (Å²) < 4.78 is 1.36. The van der Waals surface area contributed by atoms with Crippen LogP contribution in [0.25, 0.3) is 0 Å². The standard InChI is InChI=1S/C11H24N.BrH/c1-3-4-6-9-12(2)10-7-5-8-11-12;/h3-11H2,1-2H3;1H/q+1;/p-1. The average molecular weight is 250 g/mol. The van der Waals surface area contributed by atoms with Crippen LogP contribution in [0.4, 0.5) is 0 Å². The monoisotopic (exact) mass is 249 g/mol. The maximum atomic E-state index is 2.44. The van der Waals surface area contributed by atoms with Gasteiger partial charge in [-0.2, -0.15) is 0 Å². The second kappa shape index (κ2) is 6.83. The van der Waals surface area contributed by atoms with E-state index in [9.17, 15) is 0 Å². The molecule has 0 saturated carbocycles. The minimum atomic E-state index is 0. The van der Waals surface area contributed by atoms with Crippen LogP contribution in [0.15, 0.2) is 0 Å². The summed E-state index contributed by atoms with van der Waals surface area (Å²) in [6.07, 6.45) is 8.62. The molecule has 0 amide bonds. The fourth-order valence-corrected chi connectivity index (χ4v) is 2.24. The maximum Gasteiger partial charge on any atom is 0.0784 e. The normalized spacial score (nSPS) is 20.8. The Kier molecular flexibility index (Phi) is 7.06. The zero-order valence-corrected chi connectivity index (χ0v) is 10.8. The summed E-state index contributed by atoms with van der Waals surface area (Å²) in [7, 11) is 2.44. The predicted molar refractivity (Wildman–Crippen MR) is 54.2 cm³/mol. The summed E-state index contributed by atoms with van der Waals surface area (Å²) >= 11 is 0. The van der Waals surface area contributed by atoms with E-state index in [2.05, 4.69) is 14.0 Å². The van der Waals surface area contributed by atoms with Gasteiger partial charge in [-0.3, -0.25) is 0 Å². The van der Waals surface area contributed by atoms with Gasteiger partial charge in [0.1, 0.15) is 0 Å². The molecule has 1 fully saturated rings. The molecule has 0 radical (unpaired) electrons. The van der Waals surface area contributed by atoms with Crippen LogP contribution in [-0.2, 0) is 0 Å². The van der Waals surface area contributed by atoms with Crippen molar-refractivity contribution in [1.82, 2.24) is 0 Å². The van der Waals surface area contributed by atoms with Gasteiger partial charge in [-0.05, 0) is 32.1 Å². The number of quaternary nitrogens is 1. The van der Waals surface area contributed by atoms with Gasteiger partial charge in [0.2, 0.25) is 0 Å². The van der Waals surface area contributed by atoms with E-state index in [0.717, 1.165) is 0 Å². The first-order valence-corrected chi connectivity index (χ1v) is 5.60. The van der Waals surface area contributed by atoms with Crippen LogP contribution in [0.3, 0.4) is 0 Å². The van der Waals surface area contributed by atoms with Crippen LogP contribution in [0.5, 0.6) is 0 Å². The topological polar surface area (TPSA) is 0 Å². The van der Waals surface area contributed by atoms with Crippen LogP contribution in [0.2, 0.25) is 0 Å². The van der Waals surface area contributed by atoms with Crippen molar-refractivity contribution in [3.63, 3.8) is 0 Å². The molecule has 2 heteroatoms. The van der Waals surface area contributed by atoms with Gasteiger partial charge in [-0.25, -0.2) is 0 Å². The number of unbranched alkanes of at least 4 members (excludes halogenated alkanes) is 2. The molecule has 1 saturated heterocycles. The Morgan fingerprint density at radius 1 is 1.00 bits per heavy atom. The number of halogens is 1. The lowest BCUT2D eigenvalue weighted by atomic mass is 10.1. The second-order valence-corrected chi connectivity index (χ2v) is 4.56. The smallest absolute Gasteiger partial charge is 0.0784 e. The number of nitrogens with zero attached hydrogens (tertiary/aromatic N) is 1. The Labute approximate surface area is 93.9 Å². The fourth-order valence-electron chi connectivity index (χ4n) is 2.24. The van der Waals surface area contributed by atoms with E-state index in [1.54, 1.807) is 0 Å². The molecular weight excluding hydrogens is 226 g/mol. The number of likely N-dealkylation sites (tertiary alicyclic amines) is 1. The highest BCUT2D eigenvalue weighted by Crippen LogP contribution is 2.17. The second-order valence-electron chi connectivity index (χ2n) is 4.56. The minimum Gasteiger partial charge on any atom is -1.00 e. The van der Waals surface area contributed by atoms with E-state index < -0.39 is 0 Å². The molecule has 1 heterocycles. The van der Waals surface area contributed by atoms with Gasteiger partial charge in [0, 0.05) is 0 Å². The Morgan fingerprint density at radius 3 is 2.15 bits per heavy atom. The number of hydrogen-bond donors (Lipinski definition) is 0. The van der Waals surface area contributed by atoms with Crippen LogP contribution in [0.1, 0.15) is 45.4 Å². The molecular formula is C11H24BrN. The van der Waals surface area contributed by atoms with Crippen molar-refractivity contribution in [2.45, 2.75) is 45.4 Å². The Bertz CT molecular complexity index is 119. The maximum absolute atomic E-state index is 2.44. The molecule has 1 aliphatic heterocycles. The van der Waals surface area contributed by atoms with Gasteiger partial charge >= 0.3 is 0 Å². The van der Waals surface area contributed by atoms with Gasteiger partial charge in [-0.15, -0.1) is 0 Å². The summed E-state index contributed by atoms with van der Waals surface area (Å²) in [5.74, 6) is 0. The van der Waals surface area contributed by atoms with Crippen molar-refractivity contribution in [3.05, 3.63) is 0 Å². The highest BCUT2D eigenvalue weighted by Gasteiger charge is 2.23. The first kappa shape index (κ1) is 13.4. The van der Waals surface area contributed by atoms with Gasteiger partial charge in [0.25, 0.3) is 0 Å². The predicted octanol–water partition coefficient (Wildman–Crippen LogP) is -0.189. The van der Waals surface area contributed by atoms with E-state index in [1.165, 1.54) is 62.6 Å². The zero-order chi connectivity index (χ0) is 8.86. The van der Waals surface area contributed by atoms with Gasteiger partial charge in [0.05, 0.1) is 26.7 Å². The average Bonchev–Trinajstić information content (AvgIpc) is 2.06. The number of hydrogen-bond acceptors (Lipinski definition) is 0. The molecule has 13 heavy (non-hydrogen) atoms. The van der Waals surface area contributed by atoms with Gasteiger partial charge < -0.3 is 21.5 Å². The molecule has 0 aromatic heterocycles. The highest BCUT2D eigenvalue weighted by molar-refractivity contribution is 4.51. The SMILES string of the molecule is CCCCC[N+]1(C)CCCCC1.[Br-]. The fraction of sp³-hybridized carbons (Fsp3) is 1.00. The molecule has 0 aliphatic carbocycles. The third-order valence-electron chi connectivity index (χ3n) is 3.20. The van der Waals surface area contributed by atoms with Crippen molar-refractivity contribution < 1.29 is 21.5 Å². The molecule has 0 aromatic rings. The third-order valence-corrected chi connectivity index (χ3v) is 3.20. The van der Waals surface area contributed by atoms with E-state index in [-0.39, 0.29) is 17.0 Å². The summed E-state index contributed by atoms with van der Waals surface area (Å²) in [6, 6.07) is 0. The van der Waals surface area contributed by atoms with E-state index in [4.69, 9.17) is 0 Å². The zero-order valence-electron chi connectivity index (χ0n) is 9.19. The van der Waals surface area contributed by atoms with Crippen molar-refractivity contribution in [1.29, 1.82) is 0 Å². The van der Waals surface area contributed by atoms with Crippen molar-refractivity contribution in [2.24, 2.45) is 0 Å². The summed E-state index contributed by atoms with van der Waals surface area (Å²) in [6.45, 7) is 6.58. The highest BCUT2D eigenvalue weighted by atomic mass is 79.9. The molecule has 1 aliphatic rings. The van der Waals surface area contributed by atoms with Crippen molar-refractivity contribution >= 4 is 0 Å². The molecule has 0 N–H and O–H groups in total. The first-order valence-electron chi connectivity index (χ1n) is 5.60. The molecule has 0 bridgehead atoms. The molecule has 0 atom stereocenters. The number of rotatable bonds is 4. The van der Waals surface area contributed by atoms with Crippen LogP contribution in [0, 0.1) is 0 Å². The van der Waals surface area contributed by atoms with E-state index in [0.29, 0.717) is 0 Å². The number of piperidine rings is 1. The summed E-state index contributed by atoms with van der Waals surface area (Å²) in [5.41, 5.74) is 0. The van der Waals surface area contributed by atoms with Gasteiger partial charge in [-0.1, -0.05) is 13.3 Å². The molecule has 1 nitrogen and oxygen atoms in total. The molecule has 1 rings (SSSR count). The van der Waals surface area contributed by atoms with E-state index in [1.807, 2.05) is 0 Å². The van der Waals surface area contributed by atoms with Crippen LogP contribution < -0.4 is 17.0 Å². The summed E-state index contributed by atoms with van der Waals surface area (Å²) in [5, 5.41) is 0. The Hall–Kier alpha value is 0.440. The lowest BCUT2D eigenvalue weighted by Crippen LogP contribution is -3.00. The van der Waals surface area contributed by atoms with Crippen LogP contribution >= 0.6 is 0 Å². The summed E-state index contributed by atoms with van der Waals surface area (Å²) in [4.78, 5) is 0. The Balaban J connectivity index is 0.00000144. The van der Waals surface area contributed by atoms with E-state index >= 15 is 0 Å². The molecule has 0 unspecified atom stereocenters. The molecule has 80 valence electrons. The van der Waals surface area contributed by atoms with Crippen molar-refractivity contribution in [3.8, 4) is 0 Å².